The summed E-state index contributed by atoms with van der Waals surface area (Å²) < 4.78 is 39.5. The van der Waals surface area contributed by atoms with Gasteiger partial charge in [0.25, 0.3) is 0 Å². The van der Waals surface area contributed by atoms with Gasteiger partial charge in [-0.25, -0.2) is 12.8 Å². The molecular formula is C19H22ClFN2O3S. The van der Waals surface area contributed by atoms with Crippen LogP contribution in [0.25, 0.3) is 0 Å². The Morgan fingerprint density at radius 3 is 2.44 bits per heavy atom. The zero-order chi connectivity index (χ0) is 20.4. The molecule has 5 nitrogen and oxygen atoms in total. The number of nitrogens with one attached hydrogen (secondary N) is 1. The molecule has 27 heavy (non-hydrogen) atoms. The number of halogens is 2. The van der Waals surface area contributed by atoms with Crippen LogP contribution in [-0.4, -0.2) is 26.6 Å². The van der Waals surface area contributed by atoms with Gasteiger partial charge in [-0.15, -0.1) is 0 Å². The van der Waals surface area contributed by atoms with Crippen molar-refractivity contribution < 1.29 is 17.6 Å². The molecule has 1 amide bonds. The van der Waals surface area contributed by atoms with Crippen LogP contribution in [0.1, 0.15) is 24.5 Å². The average Bonchev–Trinajstić information content (AvgIpc) is 2.57. The summed E-state index contributed by atoms with van der Waals surface area (Å²) >= 11 is 5.75. The maximum Gasteiger partial charge on any atom is 0.248 e. The van der Waals surface area contributed by atoms with Crippen molar-refractivity contribution in [3.8, 4) is 0 Å². The highest BCUT2D eigenvalue weighted by molar-refractivity contribution is 7.92. The summed E-state index contributed by atoms with van der Waals surface area (Å²) in [6, 6.07) is 8.25. The van der Waals surface area contributed by atoms with Crippen LogP contribution < -0.4 is 9.62 Å². The molecule has 2 aromatic rings. The second-order valence-electron chi connectivity index (χ2n) is 6.39. The van der Waals surface area contributed by atoms with Crippen LogP contribution in [0, 0.1) is 19.7 Å². The highest BCUT2D eigenvalue weighted by Gasteiger charge is 2.32. The fourth-order valence-corrected chi connectivity index (χ4v) is 4.23. The van der Waals surface area contributed by atoms with Gasteiger partial charge in [0, 0.05) is 5.69 Å². The largest absolute Gasteiger partial charge is 0.324 e. The molecule has 146 valence electrons. The quantitative estimate of drug-likeness (QED) is 0.770. The summed E-state index contributed by atoms with van der Waals surface area (Å²) in [5.74, 6) is -1.12. The number of amides is 1. The summed E-state index contributed by atoms with van der Waals surface area (Å²) in [6.45, 7) is 5.37. The van der Waals surface area contributed by atoms with Gasteiger partial charge in [0.2, 0.25) is 15.9 Å². The van der Waals surface area contributed by atoms with E-state index in [9.17, 15) is 17.6 Å². The van der Waals surface area contributed by atoms with Crippen molar-refractivity contribution in [2.75, 3.05) is 15.9 Å². The van der Waals surface area contributed by atoms with Crippen LogP contribution in [0.3, 0.4) is 0 Å². The van der Waals surface area contributed by atoms with Crippen LogP contribution >= 0.6 is 11.6 Å². The molecule has 0 spiro atoms. The van der Waals surface area contributed by atoms with Crippen molar-refractivity contribution in [1.82, 2.24) is 0 Å². The van der Waals surface area contributed by atoms with Crippen molar-refractivity contribution in [3.63, 3.8) is 0 Å². The first-order valence-electron chi connectivity index (χ1n) is 8.37. The van der Waals surface area contributed by atoms with Gasteiger partial charge >= 0.3 is 0 Å². The van der Waals surface area contributed by atoms with E-state index in [1.165, 1.54) is 12.1 Å². The Kier molecular flexibility index (Phi) is 6.49. The van der Waals surface area contributed by atoms with E-state index in [4.69, 9.17) is 11.6 Å². The van der Waals surface area contributed by atoms with Crippen molar-refractivity contribution in [2.24, 2.45) is 0 Å². The summed E-state index contributed by atoms with van der Waals surface area (Å²) in [5.41, 5.74) is 2.36. The van der Waals surface area contributed by atoms with E-state index in [0.29, 0.717) is 11.4 Å². The first-order chi connectivity index (χ1) is 12.5. The summed E-state index contributed by atoms with van der Waals surface area (Å²) in [7, 11) is -3.73. The Hall–Kier alpha value is -2.12. The van der Waals surface area contributed by atoms with E-state index < -0.39 is 27.8 Å². The maximum atomic E-state index is 13.3. The lowest BCUT2D eigenvalue weighted by molar-refractivity contribution is -0.117. The number of hydrogen-bond acceptors (Lipinski definition) is 3. The lowest BCUT2D eigenvalue weighted by Gasteiger charge is -2.31. The van der Waals surface area contributed by atoms with Gasteiger partial charge in [0.05, 0.1) is 17.0 Å². The number of carbonyl (C=O) groups is 1. The topological polar surface area (TPSA) is 66.5 Å². The number of nitrogens with zero attached hydrogens (tertiary/aromatic N) is 1. The average molecular weight is 413 g/mol. The Balaban J connectivity index is 2.44. The molecule has 0 bridgehead atoms. The monoisotopic (exact) mass is 412 g/mol. The molecule has 0 aliphatic rings. The molecular weight excluding hydrogens is 391 g/mol. The highest BCUT2D eigenvalue weighted by Crippen LogP contribution is 2.28. The smallest absolute Gasteiger partial charge is 0.248 e. The predicted molar refractivity (Wildman–Crippen MR) is 107 cm³/mol. The van der Waals surface area contributed by atoms with Gasteiger partial charge in [-0.3, -0.25) is 9.10 Å². The SMILES string of the molecule is CC[C@H](C(=O)Nc1ccc(F)c(Cl)c1)N(c1cc(C)ccc1C)S(C)(=O)=O. The van der Waals surface area contributed by atoms with E-state index in [-0.39, 0.29) is 11.4 Å². The molecule has 0 saturated heterocycles. The minimum atomic E-state index is -3.73. The third-order valence-corrected chi connectivity index (χ3v) is 5.57. The Morgan fingerprint density at radius 1 is 1.22 bits per heavy atom. The second-order valence-corrected chi connectivity index (χ2v) is 8.66. The molecule has 0 saturated carbocycles. The molecule has 0 unspecified atom stereocenters. The molecule has 0 aromatic heterocycles. The lowest BCUT2D eigenvalue weighted by Crippen LogP contribution is -2.47. The van der Waals surface area contributed by atoms with E-state index in [1.54, 1.807) is 19.9 Å². The number of hydrogen-bond donors (Lipinski definition) is 1. The van der Waals surface area contributed by atoms with Gasteiger partial charge in [-0.2, -0.15) is 0 Å². The fraction of sp³-hybridized carbons (Fsp3) is 0.316. The number of aryl methyl sites for hydroxylation is 2. The maximum absolute atomic E-state index is 13.3. The zero-order valence-corrected chi connectivity index (χ0v) is 17.2. The molecule has 0 fully saturated rings. The van der Waals surface area contributed by atoms with Gasteiger partial charge in [-0.1, -0.05) is 30.7 Å². The van der Waals surface area contributed by atoms with Crippen molar-refractivity contribution in [1.29, 1.82) is 0 Å². The van der Waals surface area contributed by atoms with Gasteiger partial charge < -0.3 is 5.32 Å². The number of benzene rings is 2. The van der Waals surface area contributed by atoms with Crippen LogP contribution in [0.4, 0.5) is 15.8 Å². The fourth-order valence-electron chi connectivity index (χ4n) is 2.79. The van der Waals surface area contributed by atoms with E-state index in [0.717, 1.165) is 27.8 Å². The normalized spacial score (nSPS) is 12.5. The molecule has 0 radical (unpaired) electrons. The molecule has 8 heteroatoms. The Morgan fingerprint density at radius 2 is 1.89 bits per heavy atom. The van der Waals surface area contributed by atoms with Gasteiger partial charge in [0.15, 0.2) is 0 Å². The van der Waals surface area contributed by atoms with Gasteiger partial charge in [0.1, 0.15) is 11.9 Å². The molecule has 1 atom stereocenters. The molecule has 1 N–H and O–H groups in total. The first kappa shape index (κ1) is 21.2. The van der Waals surface area contributed by atoms with E-state index in [1.807, 2.05) is 19.1 Å². The number of sulfonamides is 1. The minimum absolute atomic E-state index is 0.129. The molecule has 0 aliphatic heterocycles. The van der Waals surface area contributed by atoms with E-state index >= 15 is 0 Å². The highest BCUT2D eigenvalue weighted by atomic mass is 35.5. The zero-order valence-electron chi connectivity index (χ0n) is 15.6. The Labute approximate surface area is 164 Å². The standard InChI is InChI=1S/C19H22ClFN2O3S/c1-5-17(19(24)22-14-8-9-16(21)15(20)11-14)23(27(4,25)26)18-10-12(2)6-7-13(18)3/h6-11,17H,5H2,1-4H3,(H,22,24)/t17-/m1/s1. The number of anilines is 2. The molecule has 0 aliphatic carbocycles. The van der Waals surface area contributed by atoms with E-state index in [2.05, 4.69) is 5.32 Å². The van der Waals surface area contributed by atoms with Crippen LogP contribution in [0.5, 0.6) is 0 Å². The van der Waals surface area contributed by atoms with Crippen LogP contribution in [0.2, 0.25) is 5.02 Å². The van der Waals surface area contributed by atoms with Crippen molar-refractivity contribution in [3.05, 3.63) is 58.4 Å². The molecule has 2 aromatic carbocycles. The third-order valence-electron chi connectivity index (χ3n) is 4.12. The van der Waals surface area contributed by atoms with Crippen LogP contribution in [-0.2, 0) is 14.8 Å². The second kappa shape index (κ2) is 8.27. The third kappa shape index (κ3) is 4.99. The number of carbonyl (C=O) groups excluding carboxylic acids is 1. The minimum Gasteiger partial charge on any atom is -0.324 e. The van der Waals surface area contributed by atoms with Crippen LogP contribution in [0.15, 0.2) is 36.4 Å². The summed E-state index contributed by atoms with van der Waals surface area (Å²) in [5, 5.41) is 2.49. The van der Waals surface area contributed by atoms with Crippen molar-refractivity contribution >= 4 is 38.9 Å². The number of rotatable bonds is 6. The molecule has 2 rings (SSSR count). The summed E-state index contributed by atoms with van der Waals surface area (Å²) in [4.78, 5) is 12.8. The lowest BCUT2D eigenvalue weighted by atomic mass is 10.1. The Bertz CT molecular complexity index is 963. The van der Waals surface area contributed by atoms with Gasteiger partial charge in [-0.05, 0) is 55.7 Å². The predicted octanol–water partition coefficient (Wildman–Crippen LogP) is 4.28. The van der Waals surface area contributed by atoms with Crippen molar-refractivity contribution in [2.45, 2.75) is 33.2 Å². The molecule has 0 heterocycles. The summed E-state index contributed by atoms with van der Waals surface area (Å²) in [6.07, 6.45) is 1.32. The first-order valence-corrected chi connectivity index (χ1v) is 10.6.